The van der Waals surface area contributed by atoms with E-state index < -0.39 is 0 Å². The Balaban J connectivity index is 1.49. The minimum absolute atomic E-state index is 0.110. The third-order valence-corrected chi connectivity index (χ3v) is 6.75. The number of anilines is 1. The molecule has 0 saturated carbocycles. The molecule has 1 aromatic heterocycles. The Labute approximate surface area is 236 Å². The van der Waals surface area contributed by atoms with Crippen LogP contribution in [0.1, 0.15) is 48.5 Å². The number of carbonyl (C=O) groups excluding carboxylic acids is 2. The highest BCUT2D eigenvalue weighted by Crippen LogP contribution is 2.25. The highest BCUT2D eigenvalue weighted by atomic mass is 16.5. The molecule has 0 aliphatic heterocycles. The molecule has 0 bridgehead atoms. The van der Waals surface area contributed by atoms with E-state index in [0.717, 1.165) is 29.8 Å². The van der Waals surface area contributed by atoms with Crippen molar-refractivity contribution in [2.75, 3.05) is 32.1 Å². The maximum atomic E-state index is 13.4. The van der Waals surface area contributed by atoms with Crippen molar-refractivity contribution in [2.24, 2.45) is 0 Å². The quantitative estimate of drug-likeness (QED) is 0.189. The van der Waals surface area contributed by atoms with Crippen LogP contribution in [0.2, 0.25) is 0 Å². The summed E-state index contributed by atoms with van der Waals surface area (Å²) in [6, 6.07) is 29.0. The molecule has 4 aromatic rings. The van der Waals surface area contributed by atoms with E-state index in [9.17, 15) is 9.59 Å². The molecule has 40 heavy (non-hydrogen) atoms. The van der Waals surface area contributed by atoms with E-state index in [1.807, 2.05) is 91.0 Å². The number of benzene rings is 3. The van der Waals surface area contributed by atoms with Gasteiger partial charge >= 0.3 is 0 Å². The summed E-state index contributed by atoms with van der Waals surface area (Å²) in [5.74, 6) is 0.0154. The summed E-state index contributed by atoms with van der Waals surface area (Å²) in [5, 5.41) is 7.74. The molecule has 0 aliphatic carbocycles. The molecule has 0 aliphatic rings. The summed E-state index contributed by atoms with van der Waals surface area (Å²) < 4.78 is 6.94. The zero-order valence-corrected chi connectivity index (χ0v) is 23.4. The first kappa shape index (κ1) is 28.8. The number of hydrogen-bond donors (Lipinski definition) is 1. The van der Waals surface area contributed by atoms with E-state index in [-0.39, 0.29) is 18.4 Å². The molecule has 7 heteroatoms. The molecule has 7 nitrogen and oxygen atoms in total. The van der Waals surface area contributed by atoms with Gasteiger partial charge in [-0.1, -0.05) is 86.8 Å². The Morgan fingerprint density at radius 2 is 1.60 bits per heavy atom. The third kappa shape index (κ3) is 7.90. The summed E-state index contributed by atoms with van der Waals surface area (Å²) in [4.78, 5) is 28.2. The normalized spacial score (nSPS) is 10.8. The Morgan fingerprint density at radius 1 is 0.900 bits per heavy atom. The minimum atomic E-state index is -0.311. The van der Waals surface area contributed by atoms with E-state index >= 15 is 0 Å². The predicted octanol–water partition coefficient (Wildman–Crippen LogP) is 6.39. The molecule has 4 rings (SSSR count). The highest BCUT2D eigenvalue weighted by Gasteiger charge is 2.21. The molecule has 208 valence electrons. The Morgan fingerprint density at radius 3 is 2.27 bits per heavy atom. The topological polar surface area (TPSA) is 76.5 Å². The fourth-order valence-electron chi connectivity index (χ4n) is 4.55. The van der Waals surface area contributed by atoms with E-state index in [1.54, 1.807) is 11.8 Å². The molecule has 0 atom stereocenters. The summed E-state index contributed by atoms with van der Waals surface area (Å²) in [5.41, 5.74) is 4.28. The Kier molecular flexibility index (Phi) is 10.6. The zero-order chi connectivity index (χ0) is 28.2. The molecule has 1 heterocycles. The van der Waals surface area contributed by atoms with Crippen molar-refractivity contribution in [3.05, 3.63) is 102 Å². The largest absolute Gasteiger partial charge is 0.383 e. The maximum Gasteiger partial charge on any atom is 0.254 e. The summed E-state index contributed by atoms with van der Waals surface area (Å²) in [7, 11) is 1.58. The van der Waals surface area contributed by atoms with Gasteiger partial charge in [0.25, 0.3) is 5.91 Å². The first-order valence-electron chi connectivity index (χ1n) is 14.0. The van der Waals surface area contributed by atoms with Crippen LogP contribution >= 0.6 is 0 Å². The number of para-hydroxylation sites is 1. The lowest BCUT2D eigenvalue weighted by atomic mass is 10.0. The summed E-state index contributed by atoms with van der Waals surface area (Å²) in [6.07, 6.45) is 5.82. The smallest absolute Gasteiger partial charge is 0.254 e. The van der Waals surface area contributed by atoms with Crippen LogP contribution in [0.25, 0.3) is 16.9 Å². The number of ether oxygens (including phenoxy) is 1. The van der Waals surface area contributed by atoms with Gasteiger partial charge in [-0.05, 0) is 42.7 Å². The van der Waals surface area contributed by atoms with Crippen molar-refractivity contribution in [1.82, 2.24) is 14.7 Å². The molecule has 3 aromatic carbocycles. The second-order valence-corrected chi connectivity index (χ2v) is 9.80. The van der Waals surface area contributed by atoms with Crippen molar-refractivity contribution in [3.8, 4) is 16.9 Å². The van der Waals surface area contributed by atoms with Crippen LogP contribution < -0.4 is 5.32 Å². The number of nitrogens with one attached hydrogen (secondary N) is 1. The number of amides is 2. The van der Waals surface area contributed by atoms with Crippen LogP contribution in [0.15, 0.2) is 91.0 Å². The number of nitrogens with zero attached hydrogens (tertiary/aromatic N) is 3. The molecular formula is C33H38N4O3. The van der Waals surface area contributed by atoms with Gasteiger partial charge in [0.2, 0.25) is 5.91 Å². The molecular weight excluding hydrogens is 500 g/mol. The second kappa shape index (κ2) is 14.8. The molecule has 2 amide bonds. The predicted molar refractivity (Wildman–Crippen MR) is 160 cm³/mol. The average molecular weight is 539 g/mol. The Hall–Kier alpha value is -4.23. The van der Waals surface area contributed by atoms with Crippen LogP contribution in [-0.4, -0.2) is 53.3 Å². The first-order chi connectivity index (χ1) is 19.6. The molecule has 0 radical (unpaired) electrons. The van der Waals surface area contributed by atoms with Gasteiger partial charge in [-0.15, -0.1) is 0 Å². The van der Waals surface area contributed by atoms with Crippen molar-refractivity contribution in [1.29, 1.82) is 0 Å². The fourth-order valence-corrected chi connectivity index (χ4v) is 4.55. The van der Waals surface area contributed by atoms with Gasteiger partial charge in [0.15, 0.2) is 0 Å². The number of hydrogen-bond acceptors (Lipinski definition) is 4. The first-order valence-corrected chi connectivity index (χ1v) is 14.0. The van der Waals surface area contributed by atoms with E-state index in [4.69, 9.17) is 9.84 Å². The van der Waals surface area contributed by atoms with E-state index in [0.29, 0.717) is 24.5 Å². The molecule has 0 spiro atoms. The number of methoxy groups -OCH3 is 1. The third-order valence-electron chi connectivity index (χ3n) is 6.75. The van der Waals surface area contributed by atoms with Crippen LogP contribution in [0, 0.1) is 0 Å². The van der Waals surface area contributed by atoms with Gasteiger partial charge in [0.05, 0.1) is 18.0 Å². The molecule has 0 unspecified atom stereocenters. The van der Waals surface area contributed by atoms with Gasteiger partial charge in [0.1, 0.15) is 12.4 Å². The van der Waals surface area contributed by atoms with Crippen LogP contribution in [0.3, 0.4) is 0 Å². The van der Waals surface area contributed by atoms with Crippen LogP contribution in [0.4, 0.5) is 5.82 Å². The van der Waals surface area contributed by atoms with Crippen LogP contribution in [-0.2, 0) is 16.0 Å². The van der Waals surface area contributed by atoms with Crippen molar-refractivity contribution in [3.63, 3.8) is 0 Å². The summed E-state index contributed by atoms with van der Waals surface area (Å²) >= 11 is 0. The number of unbranched alkanes of at least 4 members (excludes halogenated alkanes) is 3. The van der Waals surface area contributed by atoms with E-state index in [2.05, 4.69) is 12.2 Å². The molecule has 0 fully saturated rings. The fraction of sp³-hybridized carbons (Fsp3) is 0.303. The summed E-state index contributed by atoms with van der Waals surface area (Å²) in [6.45, 7) is 2.72. The average Bonchev–Trinajstić information content (AvgIpc) is 3.42. The van der Waals surface area contributed by atoms with Crippen molar-refractivity contribution >= 4 is 17.6 Å². The number of aryl methyl sites for hydroxylation is 1. The van der Waals surface area contributed by atoms with E-state index in [1.165, 1.54) is 29.7 Å². The minimum Gasteiger partial charge on any atom is -0.383 e. The van der Waals surface area contributed by atoms with Gasteiger partial charge < -0.3 is 15.0 Å². The SMILES string of the molecule is CCCCCCc1ccc(C(=O)N(CCOC)CC(=O)Nc2cc(-c3ccccc3)nn2-c2ccccc2)cc1. The monoisotopic (exact) mass is 538 g/mol. The zero-order valence-electron chi connectivity index (χ0n) is 23.4. The second-order valence-electron chi connectivity index (χ2n) is 9.80. The maximum absolute atomic E-state index is 13.4. The number of rotatable bonds is 14. The number of aromatic nitrogens is 2. The molecule has 1 N–H and O–H groups in total. The highest BCUT2D eigenvalue weighted by molar-refractivity contribution is 5.99. The standard InChI is InChI=1S/C33H38N4O3/c1-3-4-5-8-13-26-18-20-28(21-19-26)33(39)36(22-23-40-2)25-32(38)34-31-24-30(27-14-9-6-10-15-27)35-37(31)29-16-11-7-12-17-29/h6-7,9-12,14-21,24H,3-5,8,13,22-23,25H2,1-2H3,(H,34,38). The molecule has 0 saturated heterocycles. The lowest BCUT2D eigenvalue weighted by molar-refractivity contribution is -0.117. The Bertz CT molecular complexity index is 1350. The van der Waals surface area contributed by atoms with Crippen LogP contribution in [0.5, 0.6) is 0 Å². The van der Waals surface area contributed by atoms with Crippen molar-refractivity contribution in [2.45, 2.75) is 39.0 Å². The van der Waals surface area contributed by atoms with Gasteiger partial charge in [-0.3, -0.25) is 9.59 Å². The van der Waals surface area contributed by atoms with Gasteiger partial charge in [0, 0.05) is 30.8 Å². The van der Waals surface area contributed by atoms with Crippen molar-refractivity contribution < 1.29 is 14.3 Å². The number of carbonyl (C=O) groups is 2. The lowest BCUT2D eigenvalue weighted by Crippen LogP contribution is -2.40. The van der Waals surface area contributed by atoms with Gasteiger partial charge in [-0.25, -0.2) is 4.68 Å². The van der Waals surface area contributed by atoms with Gasteiger partial charge in [-0.2, -0.15) is 5.10 Å². The lowest BCUT2D eigenvalue weighted by Gasteiger charge is -2.22.